The van der Waals surface area contributed by atoms with Crippen LogP contribution >= 0.6 is 22.7 Å². The first-order chi connectivity index (χ1) is 12.1. The zero-order chi connectivity index (χ0) is 17.8. The van der Waals surface area contributed by atoms with E-state index in [1.807, 2.05) is 18.4 Å². The molecular weight excluding hydrogens is 354 g/mol. The average Bonchev–Trinajstić information content (AvgIpc) is 3.25. The quantitative estimate of drug-likeness (QED) is 0.837. The highest BCUT2D eigenvalue weighted by molar-refractivity contribution is 7.17. The zero-order valence-electron chi connectivity index (χ0n) is 14.9. The van der Waals surface area contributed by atoms with E-state index >= 15 is 0 Å². The Morgan fingerprint density at radius 3 is 2.80 bits per heavy atom. The molecule has 0 aromatic carbocycles. The van der Waals surface area contributed by atoms with Gasteiger partial charge < -0.3 is 10.1 Å². The van der Waals surface area contributed by atoms with Crippen LogP contribution in [0.4, 0.5) is 0 Å². The van der Waals surface area contributed by atoms with Gasteiger partial charge in [0, 0.05) is 36.6 Å². The van der Waals surface area contributed by atoms with Crippen molar-refractivity contribution in [1.82, 2.24) is 15.2 Å². The third-order valence-electron chi connectivity index (χ3n) is 4.53. The smallest absolute Gasteiger partial charge is 0.263 e. The van der Waals surface area contributed by atoms with Gasteiger partial charge in [0.15, 0.2) is 0 Å². The Kier molecular flexibility index (Phi) is 6.22. The number of amides is 1. The Labute approximate surface area is 157 Å². The standard InChI is InChI=1S/C18H25N3O2S2/c1-12(2)15(21-5-7-23-8-6-21)10-19-17(22)16-13(3)20-18(25-16)14-4-9-24-11-14/h4,9,11-12,15H,5-8,10H2,1-3H3,(H,19,22). The van der Waals surface area contributed by atoms with Crippen molar-refractivity contribution in [3.63, 3.8) is 0 Å². The van der Waals surface area contributed by atoms with Gasteiger partial charge in [-0.05, 0) is 24.3 Å². The fraction of sp³-hybridized carbons (Fsp3) is 0.556. The van der Waals surface area contributed by atoms with E-state index in [4.69, 9.17) is 4.74 Å². The van der Waals surface area contributed by atoms with E-state index in [1.165, 1.54) is 11.3 Å². The van der Waals surface area contributed by atoms with Crippen LogP contribution in [0.25, 0.3) is 10.6 Å². The Bertz CT molecular complexity index is 691. The first-order valence-corrected chi connectivity index (χ1v) is 10.4. The number of morpholine rings is 1. The average molecular weight is 380 g/mol. The van der Waals surface area contributed by atoms with Gasteiger partial charge in [0.2, 0.25) is 0 Å². The first-order valence-electron chi connectivity index (χ1n) is 8.66. The van der Waals surface area contributed by atoms with Crippen molar-refractivity contribution in [3.8, 4) is 10.6 Å². The molecule has 1 aliphatic rings. The van der Waals surface area contributed by atoms with E-state index in [0.29, 0.717) is 23.4 Å². The molecule has 3 heterocycles. The molecule has 0 bridgehead atoms. The minimum atomic E-state index is -0.0182. The van der Waals surface area contributed by atoms with Crippen LogP contribution in [0, 0.1) is 12.8 Å². The normalized spacial score (nSPS) is 17.0. The molecule has 0 radical (unpaired) electrons. The predicted molar refractivity (Wildman–Crippen MR) is 104 cm³/mol. The van der Waals surface area contributed by atoms with Gasteiger partial charge in [-0.2, -0.15) is 11.3 Å². The molecular formula is C18H25N3O2S2. The van der Waals surface area contributed by atoms with Crippen LogP contribution in [0.2, 0.25) is 0 Å². The number of aryl methyl sites for hydroxylation is 1. The number of thiazole rings is 1. The molecule has 0 aliphatic carbocycles. The van der Waals surface area contributed by atoms with E-state index in [0.717, 1.165) is 42.6 Å². The van der Waals surface area contributed by atoms with Crippen LogP contribution in [-0.4, -0.2) is 54.7 Å². The number of nitrogens with zero attached hydrogens (tertiary/aromatic N) is 2. The molecule has 136 valence electrons. The van der Waals surface area contributed by atoms with Crippen LogP contribution < -0.4 is 5.32 Å². The number of hydrogen-bond donors (Lipinski definition) is 1. The fourth-order valence-corrected chi connectivity index (χ4v) is 4.78. The maximum absolute atomic E-state index is 12.7. The number of nitrogens with one attached hydrogen (secondary N) is 1. The Morgan fingerprint density at radius 2 is 2.16 bits per heavy atom. The van der Waals surface area contributed by atoms with Crippen molar-refractivity contribution in [2.75, 3.05) is 32.8 Å². The molecule has 1 N–H and O–H groups in total. The van der Waals surface area contributed by atoms with Crippen LogP contribution in [0.15, 0.2) is 16.8 Å². The van der Waals surface area contributed by atoms with Gasteiger partial charge in [-0.25, -0.2) is 4.98 Å². The second kappa shape index (κ2) is 8.40. The highest BCUT2D eigenvalue weighted by Gasteiger charge is 2.25. The molecule has 1 aliphatic heterocycles. The Morgan fingerprint density at radius 1 is 1.40 bits per heavy atom. The lowest BCUT2D eigenvalue weighted by molar-refractivity contribution is 0.00673. The number of aromatic nitrogens is 1. The van der Waals surface area contributed by atoms with E-state index in [2.05, 4.69) is 34.4 Å². The summed E-state index contributed by atoms with van der Waals surface area (Å²) >= 11 is 3.11. The first kappa shape index (κ1) is 18.5. The molecule has 1 unspecified atom stereocenters. The number of hydrogen-bond acceptors (Lipinski definition) is 6. The number of carbonyl (C=O) groups is 1. The molecule has 3 rings (SSSR count). The molecule has 1 amide bonds. The number of ether oxygens (including phenoxy) is 1. The lowest BCUT2D eigenvalue weighted by Gasteiger charge is -2.36. The molecule has 1 fully saturated rings. The molecule has 0 saturated carbocycles. The van der Waals surface area contributed by atoms with Crippen molar-refractivity contribution in [1.29, 1.82) is 0 Å². The summed E-state index contributed by atoms with van der Waals surface area (Å²) in [6.45, 7) is 10.4. The minimum absolute atomic E-state index is 0.0182. The van der Waals surface area contributed by atoms with E-state index in [1.54, 1.807) is 11.3 Å². The molecule has 25 heavy (non-hydrogen) atoms. The van der Waals surface area contributed by atoms with E-state index < -0.39 is 0 Å². The van der Waals surface area contributed by atoms with Crippen LogP contribution in [0.5, 0.6) is 0 Å². The number of carbonyl (C=O) groups excluding carboxylic acids is 1. The van der Waals surface area contributed by atoms with Gasteiger partial charge in [-0.3, -0.25) is 9.69 Å². The molecule has 2 aromatic rings. The summed E-state index contributed by atoms with van der Waals surface area (Å²) < 4.78 is 5.44. The molecule has 5 nitrogen and oxygen atoms in total. The summed E-state index contributed by atoms with van der Waals surface area (Å²) in [5, 5.41) is 8.13. The zero-order valence-corrected chi connectivity index (χ0v) is 16.6. The van der Waals surface area contributed by atoms with E-state index in [-0.39, 0.29) is 5.91 Å². The second-order valence-electron chi connectivity index (χ2n) is 6.62. The largest absolute Gasteiger partial charge is 0.379 e. The SMILES string of the molecule is Cc1nc(-c2ccsc2)sc1C(=O)NCC(C(C)C)N1CCOCC1. The topological polar surface area (TPSA) is 54.5 Å². The highest BCUT2D eigenvalue weighted by atomic mass is 32.1. The minimum Gasteiger partial charge on any atom is -0.379 e. The number of thiophene rings is 1. The van der Waals surface area contributed by atoms with Crippen LogP contribution in [0.3, 0.4) is 0 Å². The van der Waals surface area contributed by atoms with Crippen LogP contribution in [-0.2, 0) is 4.74 Å². The third-order valence-corrected chi connectivity index (χ3v) is 6.42. The summed E-state index contributed by atoms with van der Waals surface area (Å²) in [5.74, 6) is 0.456. The fourth-order valence-electron chi connectivity index (χ4n) is 3.09. The van der Waals surface area contributed by atoms with Gasteiger partial charge >= 0.3 is 0 Å². The maximum Gasteiger partial charge on any atom is 0.263 e. The van der Waals surface area contributed by atoms with Crippen LogP contribution in [0.1, 0.15) is 29.2 Å². The van der Waals surface area contributed by atoms with E-state index in [9.17, 15) is 4.79 Å². The van der Waals surface area contributed by atoms with Gasteiger partial charge in [-0.15, -0.1) is 11.3 Å². The Balaban J connectivity index is 1.65. The van der Waals surface area contributed by atoms with Crippen molar-refractivity contribution >= 4 is 28.6 Å². The summed E-state index contributed by atoms with van der Waals surface area (Å²) in [4.78, 5) is 20.4. The van der Waals surface area contributed by atoms with Crippen molar-refractivity contribution in [2.45, 2.75) is 26.8 Å². The summed E-state index contributed by atoms with van der Waals surface area (Å²) in [7, 11) is 0. The summed E-state index contributed by atoms with van der Waals surface area (Å²) in [6.07, 6.45) is 0. The van der Waals surface area contributed by atoms with Crippen molar-refractivity contribution < 1.29 is 9.53 Å². The number of rotatable bonds is 6. The van der Waals surface area contributed by atoms with Gasteiger partial charge in [0.25, 0.3) is 5.91 Å². The monoisotopic (exact) mass is 379 g/mol. The van der Waals surface area contributed by atoms with Crippen molar-refractivity contribution in [2.24, 2.45) is 5.92 Å². The van der Waals surface area contributed by atoms with Gasteiger partial charge in [0.1, 0.15) is 9.88 Å². The Hall–Kier alpha value is -1.28. The predicted octanol–water partition coefficient (Wildman–Crippen LogP) is 3.27. The molecule has 2 aromatic heterocycles. The second-order valence-corrected chi connectivity index (χ2v) is 8.39. The van der Waals surface area contributed by atoms with Gasteiger partial charge in [-0.1, -0.05) is 13.8 Å². The molecule has 7 heteroatoms. The molecule has 0 spiro atoms. The molecule has 1 saturated heterocycles. The highest BCUT2D eigenvalue weighted by Crippen LogP contribution is 2.29. The lowest BCUT2D eigenvalue weighted by atomic mass is 10.0. The van der Waals surface area contributed by atoms with Crippen molar-refractivity contribution in [3.05, 3.63) is 27.4 Å². The lowest BCUT2D eigenvalue weighted by Crippen LogP contribution is -2.51. The maximum atomic E-state index is 12.7. The molecule has 1 atom stereocenters. The summed E-state index contributed by atoms with van der Waals surface area (Å²) in [5.41, 5.74) is 1.89. The summed E-state index contributed by atoms with van der Waals surface area (Å²) in [6, 6.07) is 2.37. The third kappa shape index (κ3) is 4.47. The van der Waals surface area contributed by atoms with Gasteiger partial charge in [0.05, 0.1) is 18.9 Å².